The predicted molar refractivity (Wildman–Crippen MR) is 33.9 cm³/mol. The molecule has 0 spiro atoms. The third kappa shape index (κ3) is 1.88. The molecular formula is C7H10O2. The van der Waals surface area contributed by atoms with Gasteiger partial charge in [-0.1, -0.05) is 12.2 Å². The summed E-state index contributed by atoms with van der Waals surface area (Å²) in [5.74, 6) is 0. The first kappa shape index (κ1) is 6.33. The first-order valence-corrected chi connectivity index (χ1v) is 3.17. The lowest BCUT2D eigenvalue weighted by Crippen LogP contribution is -2.12. The lowest BCUT2D eigenvalue weighted by molar-refractivity contribution is -0.133. The van der Waals surface area contributed by atoms with Gasteiger partial charge >= 0.3 is 0 Å². The van der Waals surface area contributed by atoms with Crippen LogP contribution in [-0.2, 0) is 9.53 Å². The smallest absolute Gasteiger partial charge is 0.293 e. The molecule has 0 saturated carbocycles. The van der Waals surface area contributed by atoms with Gasteiger partial charge in [-0.05, 0) is 12.8 Å². The summed E-state index contributed by atoms with van der Waals surface area (Å²) in [6.45, 7) is 0.532. The summed E-state index contributed by atoms with van der Waals surface area (Å²) in [5, 5.41) is 0. The highest BCUT2D eigenvalue weighted by Gasteiger charge is 2.08. The van der Waals surface area contributed by atoms with Crippen molar-refractivity contribution >= 4 is 6.47 Å². The molecule has 1 rings (SSSR count). The van der Waals surface area contributed by atoms with Crippen molar-refractivity contribution in [2.75, 3.05) is 0 Å². The van der Waals surface area contributed by atoms with Crippen LogP contribution in [0.5, 0.6) is 0 Å². The Morgan fingerprint density at radius 3 is 3.00 bits per heavy atom. The Hall–Kier alpha value is -0.790. The fraction of sp³-hybridized carbons (Fsp3) is 0.571. The van der Waals surface area contributed by atoms with E-state index in [1.807, 2.05) is 0 Å². The molecule has 0 bridgehead atoms. The van der Waals surface area contributed by atoms with Crippen LogP contribution in [0.1, 0.15) is 19.3 Å². The van der Waals surface area contributed by atoms with E-state index in [-0.39, 0.29) is 6.10 Å². The van der Waals surface area contributed by atoms with Gasteiger partial charge < -0.3 is 4.74 Å². The minimum absolute atomic E-state index is 0.146. The van der Waals surface area contributed by atoms with Crippen molar-refractivity contribution in [3.05, 3.63) is 12.2 Å². The second-order valence-corrected chi connectivity index (χ2v) is 2.14. The Labute approximate surface area is 54.5 Å². The molecule has 0 fully saturated rings. The highest BCUT2D eigenvalue weighted by molar-refractivity contribution is 5.37. The Morgan fingerprint density at radius 1 is 1.56 bits per heavy atom. The minimum Gasteiger partial charge on any atom is -0.464 e. The van der Waals surface area contributed by atoms with E-state index >= 15 is 0 Å². The van der Waals surface area contributed by atoms with E-state index in [2.05, 4.69) is 12.2 Å². The number of carbonyl (C=O) groups excluding carboxylic acids is 1. The maximum Gasteiger partial charge on any atom is 0.293 e. The van der Waals surface area contributed by atoms with Crippen LogP contribution < -0.4 is 0 Å². The van der Waals surface area contributed by atoms with Crippen LogP contribution in [0.3, 0.4) is 0 Å². The molecule has 1 atom stereocenters. The zero-order chi connectivity index (χ0) is 6.53. The van der Waals surface area contributed by atoms with Gasteiger partial charge in [0, 0.05) is 6.42 Å². The number of carbonyl (C=O) groups is 1. The fourth-order valence-corrected chi connectivity index (χ4v) is 0.968. The molecule has 0 aromatic carbocycles. The molecule has 0 heterocycles. The van der Waals surface area contributed by atoms with Crippen molar-refractivity contribution in [1.29, 1.82) is 0 Å². The van der Waals surface area contributed by atoms with Crippen LogP contribution in [0.4, 0.5) is 0 Å². The third-order valence-corrected chi connectivity index (χ3v) is 1.47. The van der Waals surface area contributed by atoms with Crippen molar-refractivity contribution in [3.63, 3.8) is 0 Å². The van der Waals surface area contributed by atoms with Crippen LogP contribution in [0.15, 0.2) is 12.2 Å². The van der Waals surface area contributed by atoms with E-state index in [0.717, 1.165) is 19.3 Å². The predicted octanol–water partition coefficient (Wildman–Crippen LogP) is 1.27. The highest BCUT2D eigenvalue weighted by Crippen LogP contribution is 2.12. The summed E-state index contributed by atoms with van der Waals surface area (Å²) in [6.07, 6.45) is 7.22. The zero-order valence-electron chi connectivity index (χ0n) is 5.25. The van der Waals surface area contributed by atoms with Crippen molar-refractivity contribution in [1.82, 2.24) is 0 Å². The third-order valence-electron chi connectivity index (χ3n) is 1.47. The van der Waals surface area contributed by atoms with Crippen LogP contribution in [0.2, 0.25) is 0 Å². The molecule has 0 aliphatic heterocycles. The largest absolute Gasteiger partial charge is 0.464 e. The molecule has 0 radical (unpaired) electrons. The van der Waals surface area contributed by atoms with Gasteiger partial charge in [-0.3, -0.25) is 4.79 Å². The minimum atomic E-state index is 0.146. The summed E-state index contributed by atoms with van der Waals surface area (Å²) < 4.78 is 4.75. The number of allylic oxidation sites excluding steroid dienone is 1. The normalized spacial score (nSPS) is 25.6. The molecule has 2 heteroatoms. The van der Waals surface area contributed by atoms with Gasteiger partial charge in [0.2, 0.25) is 0 Å². The van der Waals surface area contributed by atoms with E-state index in [1.165, 1.54) is 0 Å². The van der Waals surface area contributed by atoms with Crippen LogP contribution in [0.25, 0.3) is 0 Å². The van der Waals surface area contributed by atoms with Gasteiger partial charge in [0.05, 0.1) is 0 Å². The summed E-state index contributed by atoms with van der Waals surface area (Å²) in [4.78, 5) is 9.83. The second-order valence-electron chi connectivity index (χ2n) is 2.14. The van der Waals surface area contributed by atoms with Gasteiger partial charge in [0.1, 0.15) is 6.10 Å². The van der Waals surface area contributed by atoms with Crippen LogP contribution >= 0.6 is 0 Å². The number of hydrogen-bond acceptors (Lipinski definition) is 2. The molecule has 0 N–H and O–H groups in total. The number of hydrogen-bond donors (Lipinski definition) is 0. The Morgan fingerprint density at radius 2 is 2.44 bits per heavy atom. The van der Waals surface area contributed by atoms with Gasteiger partial charge in [-0.25, -0.2) is 0 Å². The van der Waals surface area contributed by atoms with Crippen LogP contribution in [0, 0.1) is 0 Å². The lowest BCUT2D eigenvalue weighted by Gasteiger charge is -2.14. The molecule has 0 saturated heterocycles. The lowest BCUT2D eigenvalue weighted by atomic mass is 10.1. The van der Waals surface area contributed by atoms with E-state index in [4.69, 9.17) is 4.74 Å². The number of ether oxygens (including phenoxy) is 1. The monoisotopic (exact) mass is 126 g/mol. The summed E-state index contributed by atoms with van der Waals surface area (Å²) >= 11 is 0. The molecule has 0 amide bonds. The van der Waals surface area contributed by atoms with Gasteiger partial charge in [-0.2, -0.15) is 0 Å². The average Bonchev–Trinajstić information content (AvgIpc) is 1.91. The second kappa shape index (κ2) is 3.28. The highest BCUT2D eigenvalue weighted by atomic mass is 16.5. The molecule has 0 unspecified atom stereocenters. The Balaban J connectivity index is 2.26. The van der Waals surface area contributed by atoms with E-state index in [1.54, 1.807) is 0 Å². The SMILES string of the molecule is O=CO[C@@H]1CC=CCC1. The molecule has 0 aromatic rings. The van der Waals surface area contributed by atoms with Crippen LogP contribution in [-0.4, -0.2) is 12.6 Å². The van der Waals surface area contributed by atoms with E-state index in [0.29, 0.717) is 6.47 Å². The van der Waals surface area contributed by atoms with Gasteiger partial charge in [0.15, 0.2) is 0 Å². The maximum absolute atomic E-state index is 9.83. The van der Waals surface area contributed by atoms with Crippen molar-refractivity contribution in [2.24, 2.45) is 0 Å². The van der Waals surface area contributed by atoms with Crippen molar-refractivity contribution in [3.8, 4) is 0 Å². The average molecular weight is 126 g/mol. The van der Waals surface area contributed by atoms with Gasteiger partial charge in [-0.15, -0.1) is 0 Å². The molecule has 50 valence electrons. The Kier molecular flexibility index (Phi) is 2.31. The molecule has 9 heavy (non-hydrogen) atoms. The maximum atomic E-state index is 9.83. The number of rotatable bonds is 2. The molecule has 2 nitrogen and oxygen atoms in total. The molecule has 0 aromatic heterocycles. The topological polar surface area (TPSA) is 26.3 Å². The first-order valence-electron chi connectivity index (χ1n) is 3.17. The van der Waals surface area contributed by atoms with E-state index < -0.39 is 0 Å². The summed E-state index contributed by atoms with van der Waals surface area (Å²) in [5.41, 5.74) is 0. The van der Waals surface area contributed by atoms with E-state index in [9.17, 15) is 4.79 Å². The summed E-state index contributed by atoms with van der Waals surface area (Å²) in [6, 6.07) is 0. The molecule has 1 aliphatic carbocycles. The zero-order valence-corrected chi connectivity index (χ0v) is 5.25. The van der Waals surface area contributed by atoms with Crippen molar-refractivity contribution in [2.45, 2.75) is 25.4 Å². The molecular weight excluding hydrogens is 116 g/mol. The first-order chi connectivity index (χ1) is 4.43. The fourth-order valence-electron chi connectivity index (χ4n) is 0.968. The molecule has 1 aliphatic rings. The quantitative estimate of drug-likeness (QED) is 0.411. The van der Waals surface area contributed by atoms with Gasteiger partial charge in [0.25, 0.3) is 6.47 Å². The Bertz CT molecular complexity index is 118. The standard InChI is InChI=1S/C7H10O2/c8-6-9-7-4-2-1-3-5-7/h1-2,6-7H,3-5H2/t7-/m1/s1. The van der Waals surface area contributed by atoms with Crippen molar-refractivity contribution < 1.29 is 9.53 Å². The summed E-state index contributed by atoms with van der Waals surface area (Å²) in [7, 11) is 0.